The molecule has 1 fully saturated rings. The predicted molar refractivity (Wildman–Crippen MR) is 115 cm³/mol. The minimum absolute atomic E-state index is 0.0895. The molecule has 0 aromatic rings. The summed E-state index contributed by atoms with van der Waals surface area (Å²) >= 11 is 0. The molecule has 0 aliphatic carbocycles. The number of aliphatic hydroxyl groups excluding tert-OH is 2. The molecule has 3 N–H and O–H groups in total. The second-order valence-electron chi connectivity index (χ2n) is 8.26. The molecule has 0 amide bonds. The zero-order chi connectivity index (χ0) is 23.5. The van der Waals surface area contributed by atoms with Crippen molar-refractivity contribution in [3.63, 3.8) is 0 Å². The maximum absolute atomic E-state index is 11.9. The lowest BCUT2D eigenvalue weighted by Crippen LogP contribution is -2.43. The summed E-state index contributed by atoms with van der Waals surface area (Å²) in [4.78, 5) is 11.9. The van der Waals surface area contributed by atoms with E-state index in [2.05, 4.69) is 11.8 Å². The lowest BCUT2D eigenvalue weighted by Gasteiger charge is -2.34. The molecule has 0 radical (unpaired) electrons. The van der Waals surface area contributed by atoms with Crippen LogP contribution in [0.25, 0.3) is 0 Å². The molecule has 1 aliphatic rings. The molecule has 5 atom stereocenters. The zero-order valence-electron chi connectivity index (χ0n) is 19.3. The quantitative estimate of drug-likeness (QED) is 0.181. The van der Waals surface area contributed by atoms with Gasteiger partial charge in [0.25, 0.3) is 0 Å². The summed E-state index contributed by atoms with van der Waals surface area (Å²) in [5.41, 5.74) is -1.55. The SMILES string of the molecule is CCOC(=O)/C(C)=C/[C@@H]1C[C@@](C)(OCOC)[C@H](CC[C@](C)(O)[C@@H](O)CCC#CCO)O1. The first kappa shape index (κ1) is 27.6. The van der Waals surface area contributed by atoms with Gasteiger partial charge in [0.15, 0.2) is 0 Å². The highest BCUT2D eigenvalue weighted by molar-refractivity contribution is 5.87. The summed E-state index contributed by atoms with van der Waals surface area (Å²) in [6.45, 7) is 7.10. The highest BCUT2D eigenvalue weighted by Gasteiger charge is 2.46. The average molecular weight is 443 g/mol. The van der Waals surface area contributed by atoms with Crippen molar-refractivity contribution in [2.75, 3.05) is 27.1 Å². The Labute approximate surface area is 185 Å². The zero-order valence-corrected chi connectivity index (χ0v) is 19.3. The Kier molecular flexibility index (Phi) is 11.7. The van der Waals surface area contributed by atoms with E-state index in [0.29, 0.717) is 37.9 Å². The van der Waals surface area contributed by atoms with E-state index in [9.17, 15) is 15.0 Å². The minimum atomic E-state index is -1.33. The predicted octanol–water partition coefficient (Wildman–Crippen LogP) is 1.70. The normalized spacial score (nSPS) is 26.6. The molecular weight excluding hydrogens is 404 g/mol. The van der Waals surface area contributed by atoms with Gasteiger partial charge in [-0.2, -0.15) is 0 Å². The molecular formula is C23H38O8. The first-order chi connectivity index (χ1) is 14.6. The fourth-order valence-corrected chi connectivity index (χ4v) is 3.60. The molecule has 31 heavy (non-hydrogen) atoms. The van der Waals surface area contributed by atoms with E-state index in [1.165, 1.54) is 7.11 Å². The van der Waals surface area contributed by atoms with Crippen LogP contribution in [0.5, 0.6) is 0 Å². The Morgan fingerprint density at radius 2 is 2.13 bits per heavy atom. The first-order valence-corrected chi connectivity index (χ1v) is 10.7. The summed E-state index contributed by atoms with van der Waals surface area (Å²) in [5.74, 6) is 4.88. The summed E-state index contributed by atoms with van der Waals surface area (Å²) in [6, 6.07) is 0. The van der Waals surface area contributed by atoms with Gasteiger partial charge in [-0.3, -0.25) is 0 Å². The van der Waals surface area contributed by atoms with Crippen molar-refractivity contribution in [1.82, 2.24) is 0 Å². The van der Waals surface area contributed by atoms with Crippen LogP contribution in [0.4, 0.5) is 0 Å². The van der Waals surface area contributed by atoms with Crippen molar-refractivity contribution in [2.24, 2.45) is 0 Å². The highest BCUT2D eigenvalue weighted by Crippen LogP contribution is 2.38. The summed E-state index contributed by atoms with van der Waals surface area (Å²) < 4.78 is 22.2. The van der Waals surface area contributed by atoms with Gasteiger partial charge >= 0.3 is 5.97 Å². The van der Waals surface area contributed by atoms with Gasteiger partial charge in [0.1, 0.15) is 13.4 Å². The van der Waals surface area contributed by atoms with Crippen LogP contribution < -0.4 is 0 Å². The van der Waals surface area contributed by atoms with Crippen LogP contribution in [-0.4, -0.2) is 77.9 Å². The third-order valence-corrected chi connectivity index (χ3v) is 5.54. The second-order valence-corrected chi connectivity index (χ2v) is 8.26. The van der Waals surface area contributed by atoms with Crippen LogP contribution in [0.2, 0.25) is 0 Å². The van der Waals surface area contributed by atoms with Crippen LogP contribution in [0.3, 0.4) is 0 Å². The number of hydrogen-bond acceptors (Lipinski definition) is 8. The van der Waals surface area contributed by atoms with Crippen LogP contribution in [0, 0.1) is 11.8 Å². The summed E-state index contributed by atoms with van der Waals surface area (Å²) in [5, 5.41) is 29.8. The lowest BCUT2D eigenvalue weighted by atomic mass is 9.85. The Bertz CT molecular complexity index is 648. The molecule has 8 nitrogen and oxygen atoms in total. The average Bonchev–Trinajstić information content (AvgIpc) is 3.03. The summed E-state index contributed by atoms with van der Waals surface area (Å²) in [6.07, 6.45) is 1.97. The van der Waals surface area contributed by atoms with Gasteiger partial charge in [-0.15, -0.1) is 5.92 Å². The van der Waals surface area contributed by atoms with Crippen molar-refractivity contribution in [2.45, 2.75) is 89.3 Å². The van der Waals surface area contributed by atoms with Crippen LogP contribution >= 0.6 is 0 Å². The van der Waals surface area contributed by atoms with Gasteiger partial charge in [-0.25, -0.2) is 4.79 Å². The maximum Gasteiger partial charge on any atom is 0.333 e. The van der Waals surface area contributed by atoms with Gasteiger partial charge in [0.05, 0.1) is 36.1 Å². The third-order valence-electron chi connectivity index (χ3n) is 5.54. The number of aliphatic hydroxyl groups is 3. The third kappa shape index (κ3) is 8.89. The van der Waals surface area contributed by atoms with Gasteiger partial charge in [-0.1, -0.05) is 5.92 Å². The monoisotopic (exact) mass is 442 g/mol. The molecule has 0 spiro atoms. The Morgan fingerprint density at radius 1 is 1.42 bits per heavy atom. The minimum Gasteiger partial charge on any atom is -0.463 e. The Morgan fingerprint density at radius 3 is 2.74 bits per heavy atom. The number of carbonyl (C=O) groups excluding carboxylic acids is 1. The molecule has 0 unspecified atom stereocenters. The summed E-state index contributed by atoms with van der Waals surface area (Å²) in [7, 11) is 1.54. The smallest absolute Gasteiger partial charge is 0.333 e. The van der Waals surface area contributed by atoms with Crippen molar-refractivity contribution >= 4 is 5.97 Å². The fraction of sp³-hybridized carbons (Fsp3) is 0.783. The largest absolute Gasteiger partial charge is 0.463 e. The van der Waals surface area contributed by atoms with E-state index >= 15 is 0 Å². The van der Waals surface area contributed by atoms with Crippen LogP contribution in [-0.2, 0) is 23.7 Å². The number of hydrogen-bond donors (Lipinski definition) is 3. The van der Waals surface area contributed by atoms with Gasteiger partial charge < -0.3 is 34.3 Å². The number of ether oxygens (including phenoxy) is 4. The molecule has 0 saturated carbocycles. The molecule has 0 aromatic carbocycles. The number of carbonyl (C=O) groups is 1. The van der Waals surface area contributed by atoms with Gasteiger partial charge in [0.2, 0.25) is 0 Å². The topological polar surface area (TPSA) is 115 Å². The van der Waals surface area contributed by atoms with Gasteiger partial charge in [0, 0.05) is 25.5 Å². The van der Waals surface area contributed by atoms with E-state index in [4.69, 9.17) is 24.1 Å². The van der Waals surface area contributed by atoms with E-state index in [0.717, 1.165) is 0 Å². The van der Waals surface area contributed by atoms with E-state index < -0.39 is 17.3 Å². The van der Waals surface area contributed by atoms with E-state index in [1.54, 1.807) is 26.8 Å². The molecule has 0 bridgehead atoms. The molecule has 0 aromatic heterocycles. The van der Waals surface area contributed by atoms with E-state index in [-0.39, 0.29) is 38.0 Å². The van der Waals surface area contributed by atoms with Crippen molar-refractivity contribution < 1.29 is 39.1 Å². The Balaban J connectivity index is 2.81. The van der Waals surface area contributed by atoms with Crippen molar-refractivity contribution in [3.8, 4) is 11.8 Å². The number of rotatable bonds is 12. The van der Waals surface area contributed by atoms with Crippen molar-refractivity contribution in [3.05, 3.63) is 11.6 Å². The fourth-order valence-electron chi connectivity index (χ4n) is 3.60. The molecule has 1 aliphatic heterocycles. The molecule has 1 saturated heterocycles. The molecule has 1 rings (SSSR count). The first-order valence-electron chi connectivity index (χ1n) is 10.7. The highest BCUT2D eigenvalue weighted by atomic mass is 16.7. The van der Waals surface area contributed by atoms with E-state index in [1.807, 2.05) is 6.92 Å². The van der Waals surface area contributed by atoms with Crippen molar-refractivity contribution in [1.29, 1.82) is 0 Å². The maximum atomic E-state index is 11.9. The molecule has 8 heteroatoms. The number of esters is 1. The van der Waals surface area contributed by atoms with Gasteiger partial charge in [-0.05, 0) is 53.0 Å². The lowest BCUT2D eigenvalue weighted by molar-refractivity contribution is -0.153. The molecule has 1 heterocycles. The van der Waals surface area contributed by atoms with Crippen LogP contribution in [0.15, 0.2) is 11.6 Å². The molecule has 178 valence electrons. The van der Waals surface area contributed by atoms with Crippen LogP contribution in [0.1, 0.15) is 59.8 Å². The second kappa shape index (κ2) is 13.2. The Hall–Kier alpha value is -1.47. The standard InChI is InChI=1S/C23H38O8/c1-6-29-21(26)17(2)14-18-15-23(4,30-16-28-5)20(31-18)11-12-22(3,27)19(25)10-8-7-9-13-24/h14,18-20,24-25,27H,6,8,10-13,15-16H2,1-5H3/b17-14+/t18-,19+,20+,22+,23-/m1/s1. The number of methoxy groups -OCH3 is 1.